The molecule has 0 bridgehead atoms. The Hall–Kier alpha value is -0.0700. The lowest BCUT2D eigenvalue weighted by Crippen LogP contribution is -2.33. The predicted molar refractivity (Wildman–Crippen MR) is 92.4 cm³/mol. The predicted octanol–water partition coefficient (Wildman–Crippen LogP) is 4.04. The van der Waals surface area contributed by atoms with E-state index in [1.807, 2.05) is 40.9 Å². The maximum atomic E-state index is 12.1. The molecule has 0 heterocycles. The number of hydrogen-bond donors (Lipinski definition) is 0. The molecule has 0 amide bonds. The van der Waals surface area contributed by atoms with E-state index in [9.17, 15) is 13.2 Å². The monoisotopic (exact) mass is 340 g/mol. The SMILES string of the molecule is CCCCC(=O)CS(C)(OS(=O)(=O)CCCC)C(C)(C)C. The zero-order valence-electron chi connectivity index (χ0n) is 14.4. The highest BCUT2D eigenvalue weighted by molar-refractivity contribution is 8.33. The molecule has 0 aliphatic carbocycles. The molecule has 6 heteroatoms. The van der Waals surface area contributed by atoms with Gasteiger partial charge in [-0.1, -0.05) is 47.5 Å². The van der Waals surface area contributed by atoms with Crippen molar-refractivity contribution in [2.45, 2.75) is 71.5 Å². The van der Waals surface area contributed by atoms with Gasteiger partial charge in [-0.2, -0.15) is 8.42 Å². The van der Waals surface area contributed by atoms with E-state index in [-0.39, 0.29) is 22.0 Å². The summed E-state index contributed by atoms with van der Waals surface area (Å²) < 4.78 is 29.5. The summed E-state index contributed by atoms with van der Waals surface area (Å²) in [5.74, 6) is 0.364. The molecule has 0 aromatic carbocycles. The second-order valence-corrected chi connectivity index (χ2v) is 12.2. The van der Waals surface area contributed by atoms with Crippen LogP contribution in [0.1, 0.15) is 66.7 Å². The second kappa shape index (κ2) is 8.53. The van der Waals surface area contributed by atoms with E-state index < -0.39 is 20.4 Å². The van der Waals surface area contributed by atoms with Crippen LogP contribution in [0.2, 0.25) is 0 Å². The van der Waals surface area contributed by atoms with Crippen LogP contribution in [-0.4, -0.2) is 36.7 Å². The van der Waals surface area contributed by atoms with Crippen molar-refractivity contribution in [3.05, 3.63) is 0 Å². The van der Waals surface area contributed by atoms with Crippen LogP contribution >= 0.6 is 10.3 Å². The molecule has 0 N–H and O–H groups in total. The summed E-state index contributed by atoms with van der Waals surface area (Å²) >= 11 is 0. The Kier molecular flexibility index (Phi) is 8.50. The van der Waals surface area contributed by atoms with Gasteiger partial charge in [-0.15, -0.1) is 10.3 Å². The van der Waals surface area contributed by atoms with Crippen LogP contribution in [0.3, 0.4) is 0 Å². The summed E-state index contributed by atoms with van der Waals surface area (Å²) in [6.45, 7) is 9.83. The number of Topliss-reactive ketones (excluding diaryl/α,β-unsaturated/α-hetero) is 1. The second-order valence-electron chi connectivity index (χ2n) is 6.59. The molecular formula is C15H32O4S2. The molecule has 0 rings (SSSR count). The van der Waals surface area contributed by atoms with Crippen molar-refractivity contribution in [2.75, 3.05) is 17.8 Å². The number of carbonyl (C=O) groups is 1. The van der Waals surface area contributed by atoms with Crippen molar-refractivity contribution in [3.8, 4) is 0 Å². The summed E-state index contributed by atoms with van der Waals surface area (Å²) in [6, 6.07) is 0. The van der Waals surface area contributed by atoms with Gasteiger partial charge in [0.2, 0.25) is 0 Å². The van der Waals surface area contributed by atoms with Crippen molar-refractivity contribution in [1.82, 2.24) is 0 Å². The lowest BCUT2D eigenvalue weighted by Gasteiger charge is -2.45. The fraction of sp³-hybridized carbons (Fsp3) is 0.933. The number of rotatable bonds is 10. The Morgan fingerprint density at radius 2 is 1.57 bits per heavy atom. The molecule has 1 atom stereocenters. The average molecular weight is 341 g/mol. The van der Waals surface area contributed by atoms with Gasteiger partial charge in [-0.3, -0.25) is 4.79 Å². The Morgan fingerprint density at radius 3 is 2.00 bits per heavy atom. The molecule has 0 aliphatic rings. The van der Waals surface area contributed by atoms with Crippen LogP contribution in [0.15, 0.2) is 0 Å². The maximum Gasteiger partial charge on any atom is 0.276 e. The molecule has 0 aliphatic heterocycles. The molecule has 128 valence electrons. The van der Waals surface area contributed by atoms with E-state index in [1.54, 1.807) is 0 Å². The van der Waals surface area contributed by atoms with Gasteiger partial charge in [0.1, 0.15) is 5.78 Å². The van der Waals surface area contributed by atoms with E-state index in [2.05, 4.69) is 0 Å². The van der Waals surface area contributed by atoms with Crippen molar-refractivity contribution in [2.24, 2.45) is 0 Å². The fourth-order valence-electron chi connectivity index (χ4n) is 1.68. The third kappa shape index (κ3) is 7.66. The highest BCUT2D eigenvalue weighted by atomic mass is 32.3. The number of hydrogen-bond acceptors (Lipinski definition) is 4. The van der Waals surface area contributed by atoms with Gasteiger partial charge in [-0.25, -0.2) is 3.63 Å². The lowest BCUT2D eigenvalue weighted by atomic mass is 10.2. The summed E-state index contributed by atoms with van der Waals surface area (Å²) in [5, 5.41) is 0. The van der Waals surface area contributed by atoms with Gasteiger partial charge in [-0.05, 0) is 19.1 Å². The fourth-order valence-corrected chi connectivity index (χ4v) is 6.63. The van der Waals surface area contributed by atoms with E-state index in [1.165, 1.54) is 0 Å². The third-order valence-corrected chi connectivity index (χ3v) is 9.83. The molecule has 0 spiro atoms. The van der Waals surface area contributed by atoms with Gasteiger partial charge in [0.05, 0.1) is 11.5 Å². The maximum absolute atomic E-state index is 12.1. The molecule has 0 fully saturated rings. The van der Waals surface area contributed by atoms with Gasteiger partial charge in [0.15, 0.2) is 0 Å². The van der Waals surface area contributed by atoms with Crippen molar-refractivity contribution >= 4 is 26.2 Å². The zero-order chi connectivity index (χ0) is 16.7. The minimum absolute atomic E-state index is 0.0331. The lowest BCUT2D eigenvalue weighted by molar-refractivity contribution is -0.116. The Labute approximate surface area is 132 Å². The van der Waals surface area contributed by atoms with Crippen LogP contribution in [0.5, 0.6) is 0 Å². The number of carbonyl (C=O) groups excluding carboxylic acids is 1. The molecule has 0 saturated carbocycles. The van der Waals surface area contributed by atoms with Gasteiger partial charge >= 0.3 is 0 Å². The first kappa shape index (κ1) is 20.9. The van der Waals surface area contributed by atoms with E-state index in [0.29, 0.717) is 12.8 Å². The minimum atomic E-state index is -3.57. The summed E-state index contributed by atoms with van der Waals surface area (Å²) in [7, 11) is -5.58. The first-order chi connectivity index (χ1) is 9.47. The summed E-state index contributed by atoms with van der Waals surface area (Å²) in [6.07, 6.45) is 5.53. The Balaban J connectivity index is 5.06. The first-order valence-corrected chi connectivity index (χ1v) is 11.4. The van der Waals surface area contributed by atoms with Gasteiger partial charge in [0, 0.05) is 11.2 Å². The zero-order valence-corrected chi connectivity index (χ0v) is 16.0. The van der Waals surface area contributed by atoms with Crippen molar-refractivity contribution in [1.29, 1.82) is 0 Å². The van der Waals surface area contributed by atoms with Crippen LogP contribution < -0.4 is 0 Å². The third-order valence-electron chi connectivity index (χ3n) is 3.54. The Morgan fingerprint density at radius 1 is 1.05 bits per heavy atom. The van der Waals surface area contributed by atoms with Crippen LogP contribution in [0, 0.1) is 0 Å². The highest BCUT2D eigenvalue weighted by Gasteiger charge is 2.39. The molecule has 21 heavy (non-hydrogen) atoms. The molecule has 0 saturated heterocycles. The van der Waals surface area contributed by atoms with Gasteiger partial charge < -0.3 is 0 Å². The van der Waals surface area contributed by atoms with Crippen molar-refractivity contribution < 1.29 is 16.8 Å². The van der Waals surface area contributed by atoms with E-state index in [0.717, 1.165) is 19.3 Å². The van der Waals surface area contributed by atoms with Crippen LogP contribution in [0.25, 0.3) is 0 Å². The summed E-state index contributed by atoms with van der Waals surface area (Å²) in [5.41, 5.74) is 0. The molecule has 0 radical (unpaired) electrons. The van der Waals surface area contributed by atoms with Crippen LogP contribution in [0.4, 0.5) is 0 Å². The molecule has 0 aromatic heterocycles. The topological polar surface area (TPSA) is 60.4 Å². The van der Waals surface area contributed by atoms with E-state index in [4.69, 9.17) is 3.63 Å². The molecule has 4 nitrogen and oxygen atoms in total. The first-order valence-electron chi connectivity index (χ1n) is 7.68. The quantitative estimate of drug-likeness (QED) is 0.602. The molecule has 0 aromatic rings. The van der Waals surface area contributed by atoms with E-state index >= 15 is 0 Å². The largest absolute Gasteiger partial charge is 0.299 e. The average Bonchev–Trinajstić information content (AvgIpc) is 2.31. The summed E-state index contributed by atoms with van der Waals surface area (Å²) in [4.78, 5) is 12.1. The minimum Gasteiger partial charge on any atom is -0.299 e. The smallest absolute Gasteiger partial charge is 0.276 e. The standard InChI is InChI=1S/C15H32O4S2/c1-7-9-11-14(16)13-20(6,15(3,4)5)19-21(17,18)12-10-8-2/h7-13H2,1-6H3. The normalized spacial score (nSPS) is 17.2. The molecule has 1 unspecified atom stereocenters. The van der Waals surface area contributed by atoms with Crippen molar-refractivity contribution in [3.63, 3.8) is 0 Å². The van der Waals surface area contributed by atoms with Gasteiger partial charge in [0.25, 0.3) is 10.1 Å². The highest BCUT2D eigenvalue weighted by Crippen LogP contribution is 2.58. The van der Waals surface area contributed by atoms with Crippen LogP contribution in [-0.2, 0) is 18.5 Å². The number of ketones is 1. The molecular weight excluding hydrogens is 308 g/mol. The Bertz CT molecular complexity index is 423. The number of unbranched alkanes of at least 4 members (excludes halogenated alkanes) is 2.